The number of aromatic nitrogens is 3. The SMILES string of the molecule is CC(NC(=O)c1cc(-c2ccco2)nc2c1cnn2C(C)C)c1ccc(NC(N)=O)cc1. The number of fused-ring (bicyclic) bond motifs is 1. The molecule has 9 nitrogen and oxygen atoms in total. The Morgan fingerprint density at radius 1 is 1.12 bits per heavy atom. The van der Waals surface area contributed by atoms with Crippen molar-refractivity contribution < 1.29 is 14.0 Å². The molecule has 0 spiro atoms. The van der Waals surface area contributed by atoms with Gasteiger partial charge in [-0.1, -0.05) is 12.1 Å². The van der Waals surface area contributed by atoms with Crippen molar-refractivity contribution in [2.24, 2.45) is 5.73 Å². The van der Waals surface area contributed by atoms with Crippen LogP contribution in [0.2, 0.25) is 0 Å². The number of hydrogen-bond acceptors (Lipinski definition) is 5. The van der Waals surface area contributed by atoms with Crippen molar-refractivity contribution in [2.45, 2.75) is 32.9 Å². The van der Waals surface area contributed by atoms with Gasteiger partial charge in [0, 0.05) is 11.7 Å². The summed E-state index contributed by atoms with van der Waals surface area (Å²) in [5.74, 6) is 0.323. The highest BCUT2D eigenvalue weighted by Gasteiger charge is 2.21. The Morgan fingerprint density at radius 3 is 2.50 bits per heavy atom. The third-order valence-corrected chi connectivity index (χ3v) is 5.10. The minimum Gasteiger partial charge on any atom is -0.463 e. The highest BCUT2D eigenvalue weighted by Crippen LogP contribution is 2.27. The highest BCUT2D eigenvalue weighted by molar-refractivity contribution is 6.06. The van der Waals surface area contributed by atoms with Gasteiger partial charge in [0.25, 0.3) is 5.91 Å². The minimum atomic E-state index is -0.630. The first-order valence-corrected chi connectivity index (χ1v) is 10.2. The van der Waals surface area contributed by atoms with Crippen molar-refractivity contribution in [2.75, 3.05) is 5.32 Å². The lowest BCUT2D eigenvalue weighted by molar-refractivity contribution is 0.0941. The highest BCUT2D eigenvalue weighted by atomic mass is 16.3. The van der Waals surface area contributed by atoms with Gasteiger partial charge in [-0.15, -0.1) is 0 Å². The zero-order chi connectivity index (χ0) is 22.8. The molecule has 0 saturated carbocycles. The summed E-state index contributed by atoms with van der Waals surface area (Å²) in [6, 6.07) is 11.6. The summed E-state index contributed by atoms with van der Waals surface area (Å²) in [5, 5.41) is 10.6. The first kappa shape index (κ1) is 21.1. The molecule has 32 heavy (non-hydrogen) atoms. The van der Waals surface area contributed by atoms with Gasteiger partial charge in [-0.3, -0.25) is 4.79 Å². The molecule has 1 unspecified atom stereocenters. The van der Waals surface area contributed by atoms with Crippen molar-refractivity contribution >= 4 is 28.7 Å². The second-order valence-corrected chi connectivity index (χ2v) is 7.76. The summed E-state index contributed by atoms with van der Waals surface area (Å²) in [6.07, 6.45) is 3.23. The Bertz CT molecular complexity index is 1260. The largest absolute Gasteiger partial charge is 0.463 e. The van der Waals surface area contributed by atoms with E-state index in [1.807, 2.05) is 32.9 Å². The average Bonchev–Trinajstić information content (AvgIpc) is 3.43. The van der Waals surface area contributed by atoms with Crippen molar-refractivity contribution in [3.63, 3.8) is 0 Å². The molecule has 3 heterocycles. The van der Waals surface area contributed by atoms with E-state index in [0.717, 1.165) is 5.56 Å². The molecule has 1 aromatic carbocycles. The molecule has 9 heteroatoms. The summed E-state index contributed by atoms with van der Waals surface area (Å²) in [7, 11) is 0. The number of carbonyl (C=O) groups is 2. The third kappa shape index (κ3) is 4.18. The van der Waals surface area contributed by atoms with Crippen LogP contribution in [0.1, 0.15) is 48.8 Å². The van der Waals surface area contributed by atoms with E-state index in [-0.39, 0.29) is 18.0 Å². The predicted molar refractivity (Wildman–Crippen MR) is 121 cm³/mol. The molecule has 0 saturated heterocycles. The summed E-state index contributed by atoms with van der Waals surface area (Å²) in [4.78, 5) is 29.0. The number of urea groups is 1. The first-order valence-electron chi connectivity index (χ1n) is 10.2. The number of anilines is 1. The smallest absolute Gasteiger partial charge is 0.316 e. The molecular formula is C23H24N6O3. The second-order valence-electron chi connectivity index (χ2n) is 7.76. The maximum absolute atomic E-state index is 13.3. The number of furan rings is 1. The van der Waals surface area contributed by atoms with Gasteiger partial charge >= 0.3 is 6.03 Å². The van der Waals surface area contributed by atoms with Gasteiger partial charge in [-0.05, 0) is 56.7 Å². The summed E-state index contributed by atoms with van der Waals surface area (Å²) < 4.78 is 7.29. The van der Waals surface area contributed by atoms with E-state index in [1.54, 1.807) is 47.5 Å². The second kappa shape index (κ2) is 8.54. The quantitative estimate of drug-likeness (QED) is 0.419. The molecule has 4 aromatic rings. The van der Waals surface area contributed by atoms with E-state index in [4.69, 9.17) is 15.1 Å². The maximum Gasteiger partial charge on any atom is 0.316 e. The molecule has 0 fully saturated rings. The summed E-state index contributed by atoms with van der Waals surface area (Å²) in [6.45, 7) is 5.90. The Kier molecular flexibility index (Phi) is 5.63. The number of benzene rings is 1. The molecule has 0 aliphatic rings. The number of carbonyl (C=O) groups excluding carboxylic acids is 2. The maximum atomic E-state index is 13.3. The van der Waals surface area contributed by atoms with E-state index in [2.05, 4.69) is 15.7 Å². The van der Waals surface area contributed by atoms with Gasteiger partial charge in [0.05, 0.1) is 29.5 Å². The topological polar surface area (TPSA) is 128 Å². The van der Waals surface area contributed by atoms with Gasteiger partial charge in [0.15, 0.2) is 11.4 Å². The molecule has 4 rings (SSSR count). The summed E-state index contributed by atoms with van der Waals surface area (Å²) in [5.41, 5.74) is 8.24. The molecule has 4 N–H and O–H groups in total. The van der Waals surface area contributed by atoms with Crippen LogP contribution < -0.4 is 16.4 Å². The molecule has 0 aliphatic carbocycles. The van der Waals surface area contributed by atoms with E-state index < -0.39 is 6.03 Å². The number of pyridine rings is 1. The number of amides is 3. The van der Waals surface area contributed by atoms with Crippen molar-refractivity contribution in [3.05, 3.63) is 66.1 Å². The van der Waals surface area contributed by atoms with Crippen LogP contribution in [0, 0.1) is 0 Å². The van der Waals surface area contributed by atoms with Crippen molar-refractivity contribution in [3.8, 4) is 11.5 Å². The predicted octanol–water partition coefficient (Wildman–Crippen LogP) is 4.25. The molecule has 0 bridgehead atoms. The number of rotatable bonds is 6. The average molecular weight is 432 g/mol. The van der Waals surface area contributed by atoms with E-state index in [9.17, 15) is 9.59 Å². The van der Waals surface area contributed by atoms with Crippen LogP contribution in [0.3, 0.4) is 0 Å². The third-order valence-electron chi connectivity index (χ3n) is 5.10. The van der Waals surface area contributed by atoms with E-state index in [0.29, 0.717) is 33.7 Å². The van der Waals surface area contributed by atoms with Crippen LogP contribution in [0.4, 0.5) is 10.5 Å². The van der Waals surface area contributed by atoms with Crippen LogP contribution in [-0.4, -0.2) is 26.7 Å². The van der Waals surface area contributed by atoms with Gasteiger partial charge < -0.3 is 20.8 Å². The fraction of sp³-hybridized carbons (Fsp3) is 0.217. The Hall–Kier alpha value is -4.14. The molecule has 0 radical (unpaired) electrons. The first-order chi connectivity index (χ1) is 15.3. The van der Waals surface area contributed by atoms with Crippen LogP contribution in [0.5, 0.6) is 0 Å². The molecule has 164 valence electrons. The molecular weight excluding hydrogens is 408 g/mol. The number of nitrogens with zero attached hydrogens (tertiary/aromatic N) is 3. The molecule has 3 amide bonds. The lowest BCUT2D eigenvalue weighted by atomic mass is 10.1. The fourth-order valence-corrected chi connectivity index (χ4v) is 3.49. The lowest BCUT2D eigenvalue weighted by Gasteiger charge is -2.16. The fourth-order valence-electron chi connectivity index (χ4n) is 3.49. The Morgan fingerprint density at radius 2 is 1.88 bits per heavy atom. The Balaban J connectivity index is 1.66. The van der Waals surface area contributed by atoms with Gasteiger partial charge in [0.2, 0.25) is 0 Å². The van der Waals surface area contributed by atoms with Crippen LogP contribution >= 0.6 is 0 Å². The number of nitrogens with two attached hydrogens (primary N) is 1. The zero-order valence-electron chi connectivity index (χ0n) is 18.0. The van der Waals surface area contributed by atoms with Gasteiger partial charge in [-0.25, -0.2) is 14.5 Å². The van der Waals surface area contributed by atoms with Crippen LogP contribution in [0.15, 0.2) is 59.3 Å². The minimum absolute atomic E-state index is 0.0780. The van der Waals surface area contributed by atoms with E-state index in [1.165, 1.54) is 0 Å². The molecule has 0 aliphatic heterocycles. The van der Waals surface area contributed by atoms with Crippen LogP contribution in [0.25, 0.3) is 22.5 Å². The monoisotopic (exact) mass is 432 g/mol. The number of nitrogens with one attached hydrogen (secondary N) is 2. The van der Waals surface area contributed by atoms with Crippen molar-refractivity contribution in [1.82, 2.24) is 20.1 Å². The standard InChI is InChI=1S/C23H24N6O3/c1-13(2)29-21-18(12-25-29)17(11-19(28-21)20-5-4-10-32-20)22(30)26-14(3)15-6-8-16(9-7-15)27-23(24)31/h4-14H,1-3H3,(H,26,30)(H3,24,27,31). The number of hydrogen-bond donors (Lipinski definition) is 3. The Labute approximate surface area is 184 Å². The van der Waals surface area contributed by atoms with Gasteiger partial charge in [-0.2, -0.15) is 5.10 Å². The molecule has 3 aromatic heterocycles. The zero-order valence-corrected chi connectivity index (χ0v) is 18.0. The van der Waals surface area contributed by atoms with Crippen molar-refractivity contribution in [1.29, 1.82) is 0 Å². The van der Waals surface area contributed by atoms with Crippen LogP contribution in [-0.2, 0) is 0 Å². The summed E-state index contributed by atoms with van der Waals surface area (Å²) >= 11 is 0. The van der Waals surface area contributed by atoms with Gasteiger partial charge in [0.1, 0.15) is 5.69 Å². The molecule has 1 atom stereocenters. The van der Waals surface area contributed by atoms with E-state index >= 15 is 0 Å². The lowest BCUT2D eigenvalue weighted by Crippen LogP contribution is -2.27. The number of primary amides is 1. The normalized spacial score (nSPS) is 12.1.